The van der Waals surface area contributed by atoms with Crippen molar-refractivity contribution in [3.63, 3.8) is 0 Å². The zero-order valence-electron chi connectivity index (χ0n) is 13.0. The molecule has 1 aliphatic rings. The van der Waals surface area contributed by atoms with Crippen molar-refractivity contribution in [1.29, 1.82) is 0 Å². The molecule has 116 valence electrons. The van der Waals surface area contributed by atoms with Crippen LogP contribution in [-0.2, 0) is 17.8 Å². The van der Waals surface area contributed by atoms with Crippen LogP contribution < -0.4 is 9.47 Å². The molecule has 22 heavy (non-hydrogen) atoms. The van der Waals surface area contributed by atoms with Gasteiger partial charge in [-0.3, -0.25) is 0 Å². The number of rotatable bonds is 8. The maximum Gasteiger partial charge on any atom is 0.126 e. The summed E-state index contributed by atoms with van der Waals surface area (Å²) < 4.78 is 17.1. The lowest BCUT2D eigenvalue weighted by Crippen LogP contribution is -2.07. The molecule has 2 aromatic rings. The third kappa shape index (κ3) is 4.01. The summed E-state index contributed by atoms with van der Waals surface area (Å²) in [5.41, 5.74) is 2.32. The summed E-state index contributed by atoms with van der Waals surface area (Å²) in [4.78, 5) is 0. The van der Waals surface area contributed by atoms with Crippen molar-refractivity contribution < 1.29 is 14.2 Å². The minimum atomic E-state index is 0.267. The van der Waals surface area contributed by atoms with E-state index < -0.39 is 0 Å². The Morgan fingerprint density at radius 2 is 1.73 bits per heavy atom. The molecule has 0 saturated carbocycles. The van der Waals surface area contributed by atoms with E-state index in [0.29, 0.717) is 13.2 Å². The monoisotopic (exact) mass is 298 g/mol. The summed E-state index contributed by atoms with van der Waals surface area (Å²) in [6.45, 7) is 4.18. The van der Waals surface area contributed by atoms with Gasteiger partial charge in [-0.25, -0.2) is 0 Å². The zero-order chi connectivity index (χ0) is 15.2. The van der Waals surface area contributed by atoms with Gasteiger partial charge in [0.05, 0.1) is 6.61 Å². The predicted molar refractivity (Wildman–Crippen MR) is 86.4 cm³/mol. The summed E-state index contributed by atoms with van der Waals surface area (Å²) in [5.74, 6) is 1.84. The smallest absolute Gasteiger partial charge is 0.126 e. The number of hydrogen-bond donors (Lipinski definition) is 0. The van der Waals surface area contributed by atoms with Crippen molar-refractivity contribution in [2.24, 2.45) is 0 Å². The van der Waals surface area contributed by atoms with Crippen LogP contribution in [-0.4, -0.2) is 19.3 Å². The highest BCUT2D eigenvalue weighted by Gasteiger charge is 2.23. The minimum absolute atomic E-state index is 0.267. The van der Waals surface area contributed by atoms with Gasteiger partial charge in [-0.2, -0.15) is 0 Å². The second-order valence-corrected chi connectivity index (χ2v) is 5.52. The van der Waals surface area contributed by atoms with E-state index in [1.165, 1.54) is 5.56 Å². The summed E-state index contributed by atoms with van der Waals surface area (Å²) in [6.07, 6.45) is 2.27. The molecule has 1 fully saturated rings. The van der Waals surface area contributed by atoms with E-state index in [2.05, 4.69) is 19.1 Å². The second kappa shape index (κ2) is 7.32. The summed E-state index contributed by atoms with van der Waals surface area (Å²) in [5, 5.41) is 0. The number of benzene rings is 2. The van der Waals surface area contributed by atoms with Crippen LogP contribution in [0, 0.1) is 0 Å². The van der Waals surface area contributed by atoms with E-state index in [-0.39, 0.29) is 6.10 Å². The summed E-state index contributed by atoms with van der Waals surface area (Å²) in [7, 11) is 0. The molecule has 0 aromatic heterocycles. The Labute approximate surface area is 131 Å². The molecule has 1 heterocycles. The Hall–Kier alpha value is -2.00. The van der Waals surface area contributed by atoms with Gasteiger partial charge in [0.25, 0.3) is 0 Å². The maximum atomic E-state index is 6.03. The van der Waals surface area contributed by atoms with Crippen molar-refractivity contribution in [3.05, 3.63) is 59.7 Å². The Balaban J connectivity index is 1.71. The molecule has 3 heteroatoms. The first-order valence-corrected chi connectivity index (χ1v) is 7.90. The first-order chi connectivity index (χ1) is 10.9. The second-order valence-electron chi connectivity index (χ2n) is 5.52. The highest BCUT2D eigenvalue weighted by Crippen LogP contribution is 2.31. The Morgan fingerprint density at radius 3 is 2.41 bits per heavy atom. The van der Waals surface area contributed by atoms with Crippen molar-refractivity contribution in [3.8, 4) is 11.5 Å². The first-order valence-electron chi connectivity index (χ1n) is 7.90. The molecule has 0 spiro atoms. The van der Waals surface area contributed by atoms with Crippen molar-refractivity contribution in [2.75, 3.05) is 13.2 Å². The molecule has 1 aliphatic heterocycles. The highest BCUT2D eigenvalue weighted by atomic mass is 16.6. The molecule has 1 unspecified atom stereocenters. The predicted octanol–water partition coefficient (Wildman–Crippen LogP) is 4.00. The van der Waals surface area contributed by atoms with Gasteiger partial charge in [-0.05, 0) is 24.1 Å². The fraction of sp³-hybridized carbons (Fsp3) is 0.368. The van der Waals surface area contributed by atoms with Crippen molar-refractivity contribution in [1.82, 2.24) is 0 Å². The van der Waals surface area contributed by atoms with Gasteiger partial charge in [-0.1, -0.05) is 49.7 Å². The molecule has 3 nitrogen and oxygen atoms in total. The average molecular weight is 298 g/mol. The van der Waals surface area contributed by atoms with Crippen molar-refractivity contribution >= 4 is 0 Å². The van der Waals surface area contributed by atoms with Crippen LogP contribution in [0.15, 0.2) is 48.5 Å². The minimum Gasteiger partial charge on any atom is -0.490 e. The lowest BCUT2D eigenvalue weighted by atomic mass is 10.1. The molecule has 0 aliphatic carbocycles. The van der Waals surface area contributed by atoms with E-state index in [1.807, 2.05) is 36.4 Å². The topological polar surface area (TPSA) is 31.0 Å². The van der Waals surface area contributed by atoms with E-state index in [1.54, 1.807) is 0 Å². The maximum absolute atomic E-state index is 6.03. The molecule has 1 saturated heterocycles. The third-order valence-electron chi connectivity index (χ3n) is 3.65. The molecular formula is C19H22O3. The first kappa shape index (κ1) is 14.9. The van der Waals surface area contributed by atoms with Gasteiger partial charge in [0, 0.05) is 5.56 Å². The van der Waals surface area contributed by atoms with Crippen LogP contribution in [0.5, 0.6) is 11.5 Å². The van der Waals surface area contributed by atoms with Crippen LogP contribution in [0.1, 0.15) is 24.5 Å². The van der Waals surface area contributed by atoms with Crippen LogP contribution in [0.4, 0.5) is 0 Å². The molecule has 3 rings (SSSR count). The van der Waals surface area contributed by atoms with Gasteiger partial charge in [0.1, 0.15) is 30.8 Å². The average Bonchev–Trinajstić information content (AvgIpc) is 3.38. The zero-order valence-corrected chi connectivity index (χ0v) is 13.0. The standard InChI is InChI=1S/C19H22O3/c1-2-7-17-18(21-12-15-8-4-3-5-9-15)10-6-11-19(17)22-14-16-13-20-16/h3-6,8-11,16H,2,7,12-14H2,1H3. The van der Waals surface area contributed by atoms with E-state index in [4.69, 9.17) is 14.2 Å². The lowest BCUT2D eigenvalue weighted by molar-refractivity contribution is 0.256. The number of hydrogen-bond acceptors (Lipinski definition) is 3. The molecule has 0 radical (unpaired) electrons. The van der Waals surface area contributed by atoms with Crippen molar-refractivity contribution in [2.45, 2.75) is 32.5 Å². The Morgan fingerprint density at radius 1 is 1.00 bits per heavy atom. The van der Waals surface area contributed by atoms with Crippen LogP contribution >= 0.6 is 0 Å². The van der Waals surface area contributed by atoms with Gasteiger partial charge in [-0.15, -0.1) is 0 Å². The number of epoxide rings is 1. The molecule has 0 N–H and O–H groups in total. The van der Waals surface area contributed by atoms with E-state index in [0.717, 1.165) is 36.5 Å². The van der Waals surface area contributed by atoms with Gasteiger partial charge in [0.15, 0.2) is 0 Å². The molecular weight excluding hydrogens is 276 g/mol. The van der Waals surface area contributed by atoms with Gasteiger partial charge < -0.3 is 14.2 Å². The Kier molecular flexibility index (Phi) is 4.96. The van der Waals surface area contributed by atoms with Crippen LogP contribution in [0.3, 0.4) is 0 Å². The normalized spacial score (nSPS) is 16.3. The van der Waals surface area contributed by atoms with E-state index in [9.17, 15) is 0 Å². The Bertz CT molecular complexity index is 591. The van der Waals surface area contributed by atoms with Gasteiger partial charge in [0.2, 0.25) is 0 Å². The summed E-state index contributed by atoms with van der Waals surface area (Å²) in [6, 6.07) is 16.2. The largest absolute Gasteiger partial charge is 0.490 e. The quantitative estimate of drug-likeness (QED) is 0.690. The number of ether oxygens (including phenoxy) is 3. The third-order valence-corrected chi connectivity index (χ3v) is 3.65. The molecule has 2 aromatic carbocycles. The molecule has 1 atom stereocenters. The van der Waals surface area contributed by atoms with Gasteiger partial charge >= 0.3 is 0 Å². The molecule has 0 amide bonds. The molecule has 0 bridgehead atoms. The summed E-state index contributed by atoms with van der Waals surface area (Å²) >= 11 is 0. The lowest BCUT2D eigenvalue weighted by Gasteiger charge is -2.15. The SMILES string of the molecule is CCCc1c(OCc2ccccc2)cccc1OCC1CO1. The highest BCUT2D eigenvalue weighted by molar-refractivity contribution is 5.45. The fourth-order valence-electron chi connectivity index (χ4n) is 2.39. The van der Waals surface area contributed by atoms with Crippen LogP contribution in [0.2, 0.25) is 0 Å². The fourth-order valence-corrected chi connectivity index (χ4v) is 2.39. The van der Waals surface area contributed by atoms with E-state index >= 15 is 0 Å². The van der Waals surface area contributed by atoms with Crippen LogP contribution in [0.25, 0.3) is 0 Å².